The lowest BCUT2D eigenvalue weighted by atomic mass is 9.90. The van der Waals surface area contributed by atoms with Crippen molar-refractivity contribution in [3.05, 3.63) is 0 Å². The van der Waals surface area contributed by atoms with Gasteiger partial charge in [-0.1, -0.05) is 0 Å². The van der Waals surface area contributed by atoms with Crippen molar-refractivity contribution < 1.29 is 4.79 Å². The fourth-order valence-corrected chi connectivity index (χ4v) is 2.32. The lowest BCUT2D eigenvalue weighted by molar-refractivity contribution is -0.120. The van der Waals surface area contributed by atoms with Crippen molar-refractivity contribution in [2.75, 3.05) is 26.7 Å². The molecular formula is C13H27N3O. The first-order valence-electron chi connectivity index (χ1n) is 6.70. The zero-order valence-corrected chi connectivity index (χ0v) is 11.6. The number of likely N-dealkylation sites (tertiary alicyclic amines) is 1. The average Bonchev–Trinajstić information content (AvgIpc) is 2.26. The van der Waals surface area contributed by atoms with Gasteiger partial charge >= 0.3 is 0 Å². The highest BCUT2D eigenvalue weighted by Gasteiger charge is 2.22. The first-order valence-corrected chi connectivity index (χ1v) is 6.70. The Balaban J connectivity index is 2.20. The van der Waals surface area contributed by atoms with Crippen LogP contribution in [0.15, 0.2) is 0 Å². The third kappa shape index (κ3) is 5.50. The van der Waals surface area contributed by atoms with Crippen LogP contribution < -0.4 is 10.6 Å². The van der Waals surface area contributed by atoms with Crippen molar-refractivity contribution in [3.8, 4) is 0 Å². The molecule has 1 saturated heterocycles. The molecule has 0 bridgehead atoms. The van der Waals surface area contributed by atoms with E-state index in [1.807, 2.05) is 13.8 Å². The number of carbonyl (C=O) groups is 1. The normalized spacial score (nSPS) is 20.5. The first kappa shape index (κ1) is 14.5. The van der Waals surface area contributed by atoms with Crippen LogP contribution in [0.4, 0.5) is 0 Å². The Labute approximate surface area is 105 Å². The van der Waals surface area contributed by atoms with Gasteiger partial charge in [0.05, 0.1) is 6.54 Å². The molecule has 0 radical (unpaired) electrons. The Kier molecular flexibility index (Phi) is 5.92. The molecule has 100 valence electrons. The highest BCUT2D eigenvalue weighted by Crippen LogP contribution is 2.19. The predicted molar refractivity (Wildman–Crippen MR) is 71.0 cm³/mol. The van der Waals surface area contributed by atoms with Gasteiger partial charge in [0.2, 0.25) is 5.91 Å². The summed E-state index contributed by atoms with van der Waals surface area (Å²) in [7, 11) is 2.17. The van der Waals surface area contributed by atoms with E-state index >= 15 is 0 Å². The van der Waals surface area contributed by atoms with Crippen molar-refractivity contribution in [1.82, 2.24) is 15.5 Å². The van der Waals surface area contributed by atoms with Crippen molar-refractivity contribution >= 4 is 5.91 Å². The zero-order chi connectivity index (χ0) is 12.8. The lowest BCUT2D eigenvalue weighted by Crippen LogP contribution is -2.45. The Hall–Kier alpha value is -0.610. The van der Waals surface area contributed by atoms with E-state index < -0.39 is 0 Å². The second kappa shape index (κ2) is 6.97. The molecule has 0 saturated carbocycles. The van der Waals surface area contributed by atoms with Crippen LogP contribution in [0.2, 0.25) is 0 Å². The minimum Gasteiger partial charge on any atom is -0.353 e. The topological polar surface area (TPSA) is 44.4 Å². The van der Waals surface area contributed by atoms with Gasteiger partial charge in [0, 0.05) is 12.1 Å². The van der Waals surface area contributed by atoms with Gasteiger partial charge < -0.3 is 15.5 Å². The third-order valence-electron chi connectivity index (χ3n) is 3.50. The highest BCUT2D eigenvalue weighted by atomic mass is 16.1. The van der Waals surface area contributed by atoms with Gasteiger partial charge in [-0.2, -0.15) is 0 Å². The van der Waals surface area contributed by atoms with Gasteiger partial charge in [-0.25, -0.2) is 0 Å². The number of carbonyl (C=O) groups excluding carboxylic acids is 1. The summed E-state index contributed by atoms with van der Waals surface area (Å²) >= 11 is 0. The SMILES string of the molecule is CC(C)NC(=O)CNC(C)C1CCN(C)CC1. The molecule has 1 amide bonds. The summed E-state index contributed by atoms with van der Waals surface area (Å²) in [6, 6.07) is 0.657. The molecule has 0 spiro atoms. The van der Waals surface area contributed by atoms with Crippen LogP contribution in [0.3, 0.4) is 0 Å². The summed E-state index contributed by atoms with van der Waals surface area (Å²) in [4.78, 5) is 13.9. The monoisotopic (exact) mass is 241 g/mol. The van der Waals surface area contributed by atoms with Crippen molar-refractivity contribution in [2.45, 2.75) is 45.7 Å². The predicted octanol–water partition coefficient (Wildman–Crippen LogP) is 0.831. The molecule has 1 rings (SSSR count). The van der Waals surface area contributed by atoms with Gasteiger partial charge in [0.1, 0.15) is 0 Å². The fraction of sp³-hybridized carbons (Fsp3) is 0.923. The Bertz CT molecular complexity index is 235. The van der Waals surface area contributed by atoms with E-state index in [9.17, 15) is 4.79 Å². The van der Waals surface area contributed by atoms with Crippen LogP contribution in [-0.2, 0) is 4.79 Å². The molecule has 2 N–H and O–H groups in total. The minimum absolute atomic E-state index is 0.0970. The Morgan fingerprint density at radius 2 is 1.88 bits per heavy atom. The maximum atomic E-state index is 11.5. The molecule has 4 nitrogen and oxygen atoms in total. The van der Waals surface area contributed by atoms with Crippen molar-refractivity contribution in [3.63, 3.8) is 0 Å². The molecule has 1 aliphatic heterocycles. The number of nitrogens with zero attached hydrogens (tertiary/aromatic N) is 1. The molecule has 0 aromatic rings. The van der Waals surface area contributed by atoms with Crippen molar-refractivity contribution in [1.29, 1.82) is 0 Å². The zero-order valence-electron chi connectivity index (χ0n) is 11.6. The minimum atomic E-state index is 0.0970. The number of hydrogen-bond donors (Lipinski definition) is 2. The second-order valence-electron chi connectivity index (χ2n) is 5.53. The molecule has 1 fully saturated rings. The van der Waals surface area contributed by atoms with E-state index in [1.165, 1.54) is 25.9 Å². The smallest absolute Gasteiger partial charge is 0.234 e. The summed E-state index contributed by atoms with van der Waals surface area (Å²) in [5.74, 6) is 0.804. The average molecular weight is 241 g/mol. The number of hydrogen-bond acceptors (Lipinski definition) is 3. The van der Waals surface area contributed by atoms with Crippen LogP contribution in [-0.4, -0.2) is 49.6 Å². The molecular weight excluding hydrogens is 214 g/mol. The van der Waals surface area contributed by atoms with Crippen LogP contribution in [0.1, 0.15) is 33.6 Å². The molecule has 17 heavy (non-hydrogen) atoms. The molecule has 1 heterocycles. The Morgan fingerprint density at radius 3 is 2.41 bits per heavy atom. The molecule has 1 aliphatic rings. The summed E-state index contributed by atoms with van der Waals surface area (Å²) in [6.45, 7) is 8.95. The van der Waals surface area contributed by atoms with Crippen LogP contribution >= 0.6 is 0 Å². The summed E-state index contributed by atoms with van der Waals surface area (Å²) in [6.07, 6.45) is 2.47. The summed E-state index contributed by atoms with van der Waals surface area (Å²) in [5.41, 5.74) is 0. The van der Waals surface area contributed by atoms with E-state index in [1.54, 1.807) is 0 Å². The molecule has 1 unspecified atom stereocenters. The van der Waals surface area contributed by atoms with E-state index in [-0.39, 0.29) is 11.9 Å². The molecule has 0 aromatic carbocycles. The van der Waals surface area contributed by atoms with E-state index in [4.69, 9.17) is 0 Å². The third-order valence-corrected chi connectivity index (χ3v) is 3.50. The quantitative estimate of drug-likeness (QED) is 0.749. The first-order chi connectivity index (χ1) is 7.99. The van der Waals surface area contributed by atoms with Crippen LogP contribution in [0.25, 0.3) is 0 Å². The van der Waals surface area contributed by atoms with E-state index in [2.05, 4.69) is 29.5 Å². The standard InChI is InChI=1S/C13H27N3O/c1-10(2)15-13(17)9-14-11(3)12-5-7-16(4)8-6-12/h10-12,14H,5-9H2,1-4H3,(H,15,17). The summed E-state index contributed by atoms with van der Waals surface area (Å²) < 4.78 is 0. The molecule has 0 aromatic heterocycles. The van der Waals surface area contributed by atoms with Gasteiger partial charge in [0.15, 0.2) is 0 Å². The molecule has 1 atom stereocenters. The maximum Gasteiger partial charge on any atom is 0.234 e. The number of piperidine rings is 1. The summed E-state index contributed by atoms with van der Waals surface area (Å²) in [5, 5.41) is 6.24. The maximum absolute atomic E-state index is 11.5. The van der Waals surface area contributed by atoms with Gasteiger partial charge in [-0.3, -0.25) is 4.79 Å². The number of amides is 1. The number of nitrogens with one attached hydrogen (secondary N) is 2. The van der Waals surface area contributed by atoms with E-state index in [0.29, 0.717) is 18.5 Å². The molecule has 4 heteroatoms. The highest BCUT2D eigenvalue weighted by molar-refractivity contribution is 5.78. The van der Waals surface area contributed by atoms with Crippen LogP contribution in [0.5, 0.6) is 0 Å². The number of rotatable bonds is 5. The molecule has 0 aliphatic carbocycles. The van der Waals surface area contributed by atoms with Gasteiger partial charge in [0.25, 0.3) is 0 Å². The van der Waals surface area contributed by atoms with Crippen LogP contribution in [0, 0.1) is 5.92 Å². The van der Waals surface area contributed by atoms with Gasteiger partial charge in [-0.05, 0) is 59.7 Å². The van der Waals surface area contributed by atoms with Gasteiger partial charge in [-0.15, -0.1) is 0 Å². The largest absolute Gasteiger partial charge is 0.353 e. The fourth-order valence-electron chi connectivity index (χ4n) is 2.32. The van der Waals surface area contributed by atoms with E-state index in [0.717, 1.165) is 0 Å². The van der Waals surface area contributed by atoms with Crippen molar-refractivity contribution in [2.24, 2.45) is 5.92 Å². The lowest BCUT2D eigenvalue weighted by Gasteiger charge is -2.33. The Morgan fingerprint density at radius 1 is 1.29 bits per heavy atom. The second-order valence-corrected chi connectivity index (χ2v) is 5.53.